The summed E-state index contributed by atoms with van der Waals surface area (Å²) >= 11 is 0. The minimum absolute atomic E-state index is 0.0406. The van der Waals surface area contributed by atoms with E-state index < -0.39 is 27.5 Å². The standard InChI is InChI=1S/C35H33FN6O5S/c1-23-5-8-27(9-6-23)48(44,45)42-22-28(26-19-40-41(21-26)20-24-11-14-37-15-12-24)32-31(13-16-38-33(32)42)46-30-10-7-25(17-29(30)36)18-39-34(43)47-35(2,3)4/h5-17,19,21-22H,18,20H2,1-4H3,(H,39,43). The predicted octanol–water partition coefficient (Wildman–Crippen LogP) is 6.84. The normalized spacial score (nSPS) is 11.9. The first-order chi connectivity index (χ1) is 22.9. The van der Waals surface area contributed by atoms with Crippen molar-refractivity contribution in [1.82, 2.24) is 29.0 Å². The molecule has 13 heteroatoms. The Labute approximate surface area is 277 Å². The summed E-state index contributed by atoms with van der Waals surface area (Å²) in [5.41, 5.74) is 2.90. The van der Waals surface area contributed by atoms with Gasteiger partial charge in [0.2, 0.25) is 0 Å². The van der Waals surface area contributed by atoms with Gasteiger partial charge in [0.05, 0.1) is 23.0 Å². The van der Waals surface area contributed by atoms with Crippen molar-refractivity contribution in [2.75, 3.05) is 0 Å². The molecule has 1 N–H and O–H groups in total. The number of benzene rings is 2. The number of nitrogens with one attached hydrogen (secondary N) is 1. The highest BCUT2D eigenvalue weighted by atomic mass is 32.2. The molecule has 0 saturated heterocycles. The van der Waals surface area contributed by atoms with Crippen molar-refractivity contribution in [2.24, 2.45) is 0 Å². The Bertz CT molecular complexity index is 2210. The van der Waals surface area contributed by atoms with E-state index in [4.69, 9.17) is 9.47 Å². The maximum Gasteiger partial charge on any atom is 0.407 e. The first-order valence-electron chi connectivity index (χ1n) is 15.0. The number of carbonyl (C=O) groups is 1. The number of fused-ring (bicyclic) bond motifs is 1. The zero-order valence-corrected chi connectivity index (χ0v) is 27.5. The molecule has 1 amide bonds. The van der Waals surface area contributed by atoms with Gasteiger partial charge in [-0.1, -0.05) is 23.8 Å². The molecule has 0 bridgehead atoms. The number of aromatic nitrogens is 5. The molecule has 246 valence electrons. The molecule has 6 aromatic rings. The number of ether oxygens (including phenoxy) is 2. The van der Waals surface area contributed by atoms with Crippen LogP contribution >= 0.6 is 0 Å². The van der Waals surface area contributed by atoms with Crippen molar-refractivity contribution in [3.63, 3.8) is 0 Å². The van der Waals surface area contributed by atoms with Gasteiger partial charge in [0.1, 0.15) is 11.4 Å². The number of rotatable bonds is 9. The van der Waals surface area contributed by atoms with Gasteiger partial charge in [-0.15, -0.1) is 0 Å². The van der Waals surface area contributed by atoms with E-state index in [-0.39, 0.29) is 28.6 Å². The smallest absolute Gasteiger partial charge is 0.407 e. The fraction of sp³-hybridized carbons (Fsp3) is 0.200. The Balaban J connectivity index is 1.38. The number of amides is 1. The number of aryl methyl sites for hydroxylation is 1. The average molecular weight is 669 g/mol. The minimum atomic E-state index is -4.09. The monoisotopic (exact) mass is 668 g/mol. The number of nitrogens with zero attached hydrogens (tertiary/aromatic N) is 5. The van der Waals surface area contributed by atoms with Crippen LogP contribution in [0.4, 0.5) is 9.18 Å². The molecule has 2 aromatic carbocycles. The molecule has 0 spiro atoms. The number of alkyl carbamates (subject to hydrolysis) is 1. The molecule has 0 radical (unpaired) electrons. The summed E-state index contributed by atoms with van der Waals surface area (Å²) in [6, 6.07) is 16.1. The van der Waals surface area contributed by atoms with E-state index in [1.54, 1.807) is 74.5 Å². The third kappa shape index (κ3) is 7.05. The molecule has 0 aliphatic rings. The summed E-state index contributed by atoms with van der Waals surface area (Å²) in [4.78, 5) is 20.6. The second kappa shape index (κ2) is 12.9. The van der Waals surface area contributed by atoms with E-state index in [0.717, 1.165) is 15.1 Å². The Morgan fingerprint density at radius 2 is 1.69 bits per heavy atom. The predicted molar refractivity (Wildman–Crippen MR) is 178 cm³/mol. The highest BCUT2D eigenvalue weighted by Crippen LogP contribution is 2.40. The van der Waals surface area contributed by atoms with E-state index in [0.29, 0.717) is 28.6 Å². The van der Waals surface area contributed by atoms with Gasteiger partial charge in [0.25, 0.3) is 10.0 Å². The van der Waals surface area contributed by atoms with Gasteiger partial charge in [0.15, 0.2) is 17.2 Å². The van der Waals surface area contributed by atoms with Gasteiger partial charge in [0, 0.05) is 48.7 Å². The van der Waals surface area contributed by atoms with E-state index in [2.05, 4.69) is 20.4 Å². The Hall–Kier alpha value is -5.56. The van der Waals surface area contributed by atoms with Crippen LogP contribution in [0.15, 0.2) is 103 Å². The van der Waals surface area contributed by atoms with Gasteiger partial charge in [-0.05, 0) is 81.3 Å². The molecule has 4 heterocycles. The second-order valence-corrected chi connectivity index (χ2v) is 14.0. The highest BCUT2D eigenvalue weighted by molar-refractivity contribution is 7.90. The van der Waals surface area contributed by atoms with Gasteiger partial charge in [-0.3, -0.25) is 9.67 Å². The van der Waals surface area contributed by atoms with E-state index in [9.17, 15) is 13.2 Å². The molecule has 0 saturated carbocycles. The first-order valence-corrected chi connectivity index (χ1v) is 16.5. The molecule has 0 aliphatic heterocycles. The fourth-order valence-corrected chi connectivity index (χ4v) is 6.33. The minimum Gasteiger partial charge on any atom is -0.453 e. The lowest BCUT2D eigenvalue weighted by Gasteiger charge is -2.19. The number of hydrogen-bond acceptors (Lipinski definition) is 8. The second-order valence-electron chi connectivity index (χ2n) is 12.2. The molecule has 0 aliphatic carbocycles. The topological polar surface area (TPSA) is 130 Å². The summed E-state index contributed by atoms with van der Waals surface area (Å²) < 4.78 is 57.5. The molecule has 0 atom stereocenters. The van der Waals surface area contributed by atoms with Gasteiger partial charge < -0.3 is 14.8 Å². The highest BCUT2D eigenvalue weighted by Gasteiger charge is 2.26. The lowest BCUT2D eigenvalue weighted by Crippen LogP contribution is -2.32. The molecule has 6 rings (SSSR count). The van der Waals surface area contributed by atoms with E-state index >= 15 is 4.39 Å². The number of pyridine rings is 2. The fourth-order valence-electron chi connectivity index (χ4n) is 5.02. The summed E-state index contributed by atoms with van der Waals surface area (Å²) in [5, 5.41) is 7.46. The SMILES string of the molecule is Cc1ccc(S(=O)(=O)n2cc(-c3cnn(Cc4ccncc4)c3)c3c(Oc4ccc(CNC(=O)OC(C)(C)C)cc4F)ccnc32)cc1. The summed E-state index contributed by atoms with van der Waals surface area (Å²) in [7, 11) is -4.09. The molecule has 11 nitrogen and oxygen atoms in total. The molecule has 0 unspecified atom stereocenters. The summed E-state index contributed by atoms with van der Waals surface area (Å²) in [6.07, 6.45) is 9.08. The van der Waals surface area contributed by atoms with Crippen molar-refractivity contribution in [3.05, 3.63) is 120 Å². The van der Waals surface area contributed by atoms with Crippen molar-refractivity contribution in [1.29, 1.82) is 0 Å². The maximum absolute atomic E-state index is 15.4. The largest absolute Gasteiger partial charge is 0.453 e. The van der Waals surface area contributed by atoms with Crippen LogP contribution in [0.5, 0.6) is 11.5 Å². The summed E-state index contributed by atoms with van der Waals surface area (Å²) in [6.45, 7) is 7.63. The Morgan fingerprint density at radius 1 is 0.938 bits per heavy atom. The van der Waals surface area contributed by atoms with Crippen molar-refractivity contribution in [3.8, 4) is 22.6 Å². The first kappa shape index (κ1) is 32.4. The molecule has 0 fully saturated rings. The number of carbonyl (C=O) groups excluding carboxylic acids is 1. The van der Waals surface area contributed by atoms with Crippen molar-refractivity contribution < 1.29 is 27.1 Å². The van der Waals surface area contributed by atoms with Crippen LogP contribution < -0.4 is 10.1 Å². The number of hydrogen-bond donors (Lipinski definition) is 1. The van der Waals surface area contributed by atoms with Gasteiger partial charge in [-0.25, -0.2) is 26.6 Å². The van der Waals surface area contributed by atoms with Crippen LogP contribution in [-0.2, 0) is 27.8 Å². The quantitative estimate of drug-likeness (QED) is 0.177. The van der Waals surface area contributed by atoms with Crippen molar-refractivity contribution >= 4 is 27.1 Å². The van der Waals surface area contributed by atoms with Crippen LogP contribution in [0, 0.1) is 12.7 Å². The van der Waals surface area contributed by atoms with E-state index in [1.165, 1.54) is 36.7 Å². The van der Waals surface area contributed by atoms with E-state index in [1.807, 2.05) is 19.1 Å². The van der Waals surface area contributed by atoms with Crippen LogP contribution in [0.25, 0.3) is 22.2 Å². The lowest BCUT2D eigenvalue weighted by atomic mass is 10.1. The lowest BCUT2D eigenvalue weighted by molar-refractivity contribution is 0.0523. The molecular weight excluding hydrogens is 635 g/mol. The maximum atomic E-state index is 15.4. The van der Waals surface area contributed by atoms with Gasteiger partial charge >= 0.3 is 6.09 Å². The summed E-state index contributed by atoms with van der Waals surface area (Å²) in [5.74, 6) is -0.591. The van der Waals surface area contributed by atoms with Crippen molar-refractivity contribution in [2.45, 2.75) is 51.3 Å². The third-order valence-electron chi connectivity index (χ3n) is 7.29. The average Bonchev–Trinajstić information content (AvgIpc) is 3.67. The van der Waals surface area contributed by atoms with Crippen LogP contribution in [0.1, 0.15) is 37.5 Å². The Morgan fingerprint density at radius 3 is 2.40 bits per heavy atom. The molecule has 48 heavy (non-hydrogen) atoms. The third-order valence-corrected chi connectivity index (χ3v) is 8.95. The number of halogens is 1. The van der Waals surface area contributed by atoms with Crippen LogP contribution in [0.3, 0.4) is 0 Å². The zero-order chi connectivity index (χ0) is 34.1. The van der Waals surface area contributed by atoms with Crippen LogP contribution in [0.2, 0.25) is 0 Å². The van der Waals surface area contributed by atoms with Gasteiger partial charge in [-0.2, -0.15) is 5.10 Å². The van der Waals surface area contributed by atoms with Crippen LogP contribution in [-0.4, -0.2) is 43.8 Å². The molecule has 4 aromatic heterocycles. The molecular formula is C35H33FN6O5S. The zero-order valence-electron chi connectivity index (χ0n) is 26.7. The Kier molecular flexibility index (Phi) is 8.71.